The second kappa shape index (κ2) is 8.14. The Kier molecular flexibility index (Phi) is 5.44. The molecule has 5 rings (SSSR count). The van der Waals surface area contributed by atoms with E-state index in [1.165, 1.54) is 22.3 Å². The number of rotatable bonds is 2. The maximum atomic E-state index is 9.63. The van der Waals surface area contributed by atoms with Gasteiger partial charge >= 0.3 is 0 Å². The van der Waals surface area contributed by atoms with Gasteiger partial charge in [-0.15, -0.1) is 0 Å². The highest BCUT2D eigenvalue weighted by Crippen LogP contribution is 2.44. The first kappa shape index (κ1) is 21.4. The summed E-state index contributed by atoms with van der Waals surface area (Å²) in [5.74, 6) is 0.182. The number of aliphatic hydroxyl groups excluding tert-OH is 1. The van der Waals surface area contributed by atoms with Gasteiger partial charge in [-0.3, -0.25) is 14.6 Å². The third-order valence-corrected chi connectivity index (χ3v) is 7.35. The molecule has 166 valence electrons. The first-order chi connectivity index (χ1) is 15.4. The van der Waals surface area contributed by atoms with E-state index in [0.29, 0.717) is 6.54 Å². The van der Waals surface area contributed by atoms with E-state index in [1.807, 2.05) is 17.8 Å². The second-order valence-corrected chi connectivity index (χ2v) is 9.48. The molecule has 32 heavy (non-hydrogen) atoms. The largest absolute Gasteiger partial charge is 0.394 e. The Morgan fingerprint density at radius 2 is 2.03 bits per heavy atom. The maximum Gasteiger partial charge on any atom is 0.0676 e. The molecule has 0 amide bonds. The van der Waals surface area contributed by atoms with Crippen molar-refractivity contribution < 1.29 is 5.11 Å². The molecule has 1 aliphatic carbocycles. The molecule has 6 heteroatoms. The van der Waals surface area contributed by atoms with Crippen molar-refractivity contribution in [2.45, 2.75) is 52.7 Å². The summed E-state index contributed by atoms with van der Waals surface area (Å²) in [5.41, 5.74) is 11.5. The molecule has 0 saturated carbocycles. The van der Waals surface area contributed by atoms with Gasteiger partial charge in [0.15, 0.2) is 0 Å². The topological polar surface area (TPSA) is 54.2 Å². The zero-order valence-electron chi connectivity index (χ0n) is 19.1. The lowest BCUT2D eigenvalue weighted by Gasteiger charge is -2.26. The minimum atomic E-state index is 0.0574. The standard InChI is InChI=1S/C26H29ClN4O/c1-15-5-6-18-13-30(4)14-23-25(17(3)29-31(23)9-10-32)19-11-21-20(7-8-22(21)28-12-19)16(2)24(18)26(15)27/h5-7,11-12,16,32H,8-10,13-14H2,1-4H3/t16-/m0/s1. The van der Waals surface area contributed by atoms with Gasteiger partial charge in [0.25, 0.3) is 0 Å². The van der Waals surface area contributed by atoms with Crippen LogP contribution in [-0.2, 0) is 26.1 Å². The van der Waals surface area contributed by atoms with Gasteiger partial charge in [-0.2, -0.15) is 5.10 Å². The van der Waals surface area contributed by atoms with E-state index in [-0.39, 0.29) is 12.5 Å². The third kappa shape index (κ3) is 3.40. The van der Waals surface area contributed by atoms with Crippen molar-refractivity contribution in [3.8, 4) is 11.1 Å². The Morgan fingerprint density at radius 1 is 1.22 bits per heavy atom. The van der Waals surface area contributed by atoms with Crippen LogP contribution in [-0.4, -0.2) is 38.4 Å². The zero-order chi connectivity index (χ0) is 22.6. The second-order valence-electron chi connectivity index (χ2n) is 9.10. The van der Waals surface area contributed by atoms with Crippen LogP contribution in [0.1, 0.15) is 52.2 Å². The number of benzene rings is 1. The van der Waals surface area contributed by atoms with Gasteiger partial charge in [0.1, 0.15) is 0 Å². The molecule has 0 spiro atoms. The number of aryl methyl sites for hydroxylation is 2. The molecule has 2 aliphatic rings. The van der Waals surface area contributed by atoms with Gasteiger partial charge in [-0.1, -0.05) is 36.7 Å². The SMILES string of the molecule is Cc1ccc2c(c1Cl)[C@@H](C)C1=CCc3ncc(cc31)-c1c(C)nn(CCO)c1CN(C)C2. The van der Waals surface area contributed by atoms with Gasteiger partial charge < -0.3 is 5.11 Å². The summed E-state index contributed by atoms with van der Waals surface area (Å²) in [7, 11) is 2.13. The summed E-state index contributed by atoms with van der Waals surface area (Å²) in [6, 6.07) is 6.62. The highest BCUT2D eigenvalue weighted by Gasteiger charge is 2.28. The maximum absolute atomic E-state index is 9.63. The Balaban J connectivity index is 1.77. The van der Waals surface area contributed by atoms with Crippen molar-refractivity contribution in [1.29, 1.82) is 0 Å². The Hall–Kier alpha value is -2.47. The number of aromatic nitrogens is 3. The predicted octanol–water partition coefficient (Wildman–Crippen LogP) is 4.90. The van der Waals surface area contributed by atoms with E-state index in [2.05, 4.69) is 50.1 Å². The summed E-state index contributed by atoms with van der Waals surface area (Å²) in [5, 5.41) is 15.3. The molecule has 2 bridgehead atoms. The molecule has 5 nitrogen and oxygen atoms in total. The summed E-state index contributed by atoms with van der Waals surface area (Å²) < 4.78 is 1.95. The molecule has 3 heterocycles. The van der Waals surface area contributed by atoms with E-state index in [4.69, 9.17) is 21.7 Å². The summed E-state index contributed by atoms with van der Waals surface area (Å²) >= 11 is 6.92. The number of aliphatic hydroxyl groups is 1. The van der Waals surface area contributed by atoms with E-state index < -0.39 is 0 Å². The van der Waals surface area contributed by atoms with Gasteiger partial charge in [-0.05, 0) is 49.2 Å². The molecule has 0 unspecified atom stereocenters. The summed E-state index contributed by atoms with van der Waals surface area (Å²) in [4.78, 5) is 7.15. The number of hydrogen-bond donors (Lipinski definition) is 1. The molecule has 3 aromatic rings. The molecule has 0 fully saturated rings. The average molecular weight is 449 g/mol. The minimum Gasteiger partial charge on any atom is -0.394 e. The lowest BCUT2D eigenvalue weighted by Crippen LogP contribution is -2.22. The van der Waals surface area contributed by atoms with Crippen LogP contribution in [0, 0.1) is 13.8 Å². The van der Waals surface area contributed by atoms with E-state index in [1.54, 1.807) is 0 Å². The smallest absolute Gasteiger partial charge is 0.0676 e. The Bertz CT molecular complexity index is 1240. The lowest BCUT2D eigenvalue weighted by atomic mass is 9.85. The third-order valence-electron chi connectivity index (χ3n) is 6.85. The van der Waals surface area contributed by atoms with Gasteiger partial charge in [0.05, 0.1) is 30.2 Å². The van der Waals surface area contributed by atoms with Crippen LogP contribution in [0.2, 0.25) is 5.02 Å². The van der Waals surface area contributed by atoms with E-state index in [9.17, 15) is 5.11 Å². The molecule has 0 radical (unpaired) electrons. The number of pyridine rings is 1. The van der Waals surface area contributed by atoms with E-state index >= 15 is 0 Å². The van der Waals surface area contributed by atoms with E-state index in [0.717, 1.165) is 58.3 Å². The number of fused-ring (bicyclic) bond motifs is 4. The Labute approximate surface area is 194 Å². The van der Waals surface area contributed by atoms with Crippen LogP contribution in [0.5, 0.6) is 0 Å². The molecule has 1 N–H and O–H groups in total. The van der Waals surface area contributed by atoms with Crippen molar-refractivity contribution in [1.82, 2.24) is 19.7 Å². The highest BCUT2D eigenvalue weighted by atomic mass is 35.5. The molecule has 1 atom stereocenters. The highest BCUT2D eigenvalue weighted by molar-refractivity contribution is 6.32. The number of hydrogen-bond acceptors (Lipinski definition) is 4. The molecule has 1 aliphatic heterocycles. The number of allylic oxidation sites excluding steroid dienone is 2. The normalized spacial score (nSPS) is 17.9. The molecule has 2 aromatic heterocycles. The quantitative estimate of drug-likeness (QED) is 0.606. The van der Waals surface area contributed by atoms with Crippen molar-refractivity contribution in [3.05, 3.63) is 74.8 Å². The Morgan fingerprint density at radius 3 is 2.81 bits per heavy atom. The fourth-order valence-corrected chi connectivity index (χ4v) is 5.67. The zero-order valence-corrected chi connectivity index (χ0v) is 19.9. The van der Waals surface area contributed by atoms with Gasteiger partial charge in [-0.25, -0.2) is 0 Å². The summed E-state index contributed by atoms with van der Waals surface area (Å²) in [6.07, 6.45) is 5.14. The van der Waals surface area contributed by atoms with Crippen molar-refractivity contribution >= 4 is 17.2 Å². The molecule has 0 saturated heterocycles. The van der Waals surface area contributed by atoms with Crippen LogP contribution in [0.15, 0.2) is 30.5 Å². The monoisotopic (exact) mass is 448 g/mol. The molecular formula is C26H29ClN4O. The van der Waals surface area contributed by atoms with Gasteiger partial charge in [0.2, 0.25) is 0 Å². The van der Waals surface area contributed by atoms with Crippen LogP contribution in [0.4, 0.5) is 0 Å². The first-order valence-electron chi connectivity index (χ1n) is 11.2. The van der Waals surface area contributed by atoms with Gasteiger partial charge in [0, 0.05) is 53.3 Å². The van der Waals surface area contributed by atoms with Crippen LogP contribution >= 0.6 is 11.6 Å². The fraction of sp³-hybridized carbons (Fsp3) is 0.385. The lowest BCUT2D eigenvalue weighted by molar-refractivity contribution is 0.258. The summed E-state index contributed by atoms with van der Waals surface area (Å²) in [6.45, 7) is 8.43. The van der Waals surface area contributed by atoms with Crippen molar-refractivity contribution in [2.75, 3.05) is 13.7 Å². The number of halogens is 1. The number of nitrogens with zero attached hydrogens (tertiary/aromatic N) is 4. The average Bonchev–Trinajstić information content (AvgIpc) is 3.30. The van der Waals surface area contributed by atoms with Crippen molar-refractivity contribution in [2.24, 2.45) is 0 Å². The molecular weight excluding hydrogens is 420 g/mol. The minimum absolute atomic E-state index is 0.0574. The first-order valence-corrected chi connectivity index (χ1v) is 11.6. The van der Waals surface area contributed by atoms with Crippen LogP contribution in [0.25, 0.3) is 16.7 Å². The fourth-order valence-electron chi connectivity index (χ4n) is 5.32. The van der Waals surface area contributed by atoms with Crippen molar-refractivity contribution in [3.63, 3.8) is 0 Å². The predicted molar refractivity (Wildman–Crippen MR) is 129 cm³/mol. The van der Waals surface area contributed by atoms with Crippen LogP contribution in [0.3, 0.4) is 0 Å². The molecule has 1 aromatic carbocycles. The van der Waals surface area contributed by atoms with Crippen LogP contribution < -0.4 is 0 Å².